The summed E-state index contributed by atoms with van der Waals surface area (Å²) >= 11 is 0. The first kappa shape index (κ1) is 20.6. The van der Waals surface area contributed by atoms with E-state index in [4.69, 9.17) is 0 Å². The number of aliphatic hydroxyl groups is 1. The highest BCUT2D eigenvalue weighted by Crippen LogP contribution is 2.36. The van der Waals surface area contributed by atoms with Gasteiger partial charge in [0.2, 0.25) is 5.91 Å². The third kappa shape index (κ3) is 3.62. The minimum Gasteiger partial charge on any atom is -0.387 e. The third-order valence-electron chi connectivity index (χ3n) is 6.21. The molecule has 1 aliphatic carbocycles. The number of hydrogen-bond donors (Lipinski definition) is 2. The average Bonchev–Trinajstić information content (AvgIpc) is 3.56. The lowest BCUT2D eigenvalue weighted by Gasteiger charge is -2.14. The van der Waals surface area contributed by atoms with Crippen LogP contribution in [0.25, 0.3) is 32.9 Å². The number of pyridine rings is 2. The molecule has 32 heavy (non-hydrogen) atoms. The van der Waals surface area contributed by atoms with Crippen LogP contribution in [0.4, 0.5) is 5.82 Å². The van der Waals surface area contributed by atoms with Crippen LogP contribution in [0.15, 0.2) is 36.9 Å². The Bertz CT molecular complexity index is 1340. The van der Waals surface area contributed by atoms with Gasteiger partial charge in [-0.15, -0.1) is 0 Å². The van der Waals surface area contributed by atoms with Crippen molar-refractivity contribution in [3.05, 3.63) is 48.2 Å². The molecule has 1 unspecified atom stereocenters. The Kier molecular flexibility index (Phi) is 5.13. The quantitative estimate of drug-likeness (QED) is 0.464. The monoisotopic (exact) mass is 429 g/mol. The van der Waals surface area contributed by atoms with Crippen LogP contribution < -0.4 is 5.32 Å². The molecule has 1 atom stereocenters. The number of hydrogen-bond acceptors (Lipinski definition) is 5. The van der Waals surface area contributed by atoms with Crippen molar-refractivity contribution in [2.45, 2.75) is 45.6 Å². The minimum atomic E-state index is -0.548. The molecule has 3 aromatic heterocycles. The topological polar surface area (TPSA) is 92.9 Å². The lowest BCUT2D eigenvalue weighted by Crippen LogP contribution is -2.14. The van der Waals surface area contributed by atoms with Crippen molar-refractivity contribution in [3.63, 3.8) is 0 Å². The van der Waals surface area contributed by atoms with E-state index >= 15 is 0 Å². The smallest absolute Gasteiger partial charge is 0.228 e. The van der Waals surface area contributed by atoms with Gasteiger partial charge in [-0.2, -0.15) is 0 Å². The van der Waals surface area contributed by atoms with Gasteiger partial charge in [-0.1, -0.05) is 13.3 Å². The van der Waals surface area contributed by atoms with Crippen molar-refractivity contribution >= 4 is 33.5 Å². The van der Waals surface area contributed by atoms with Crippen LogP contribution in [0, 0.1) is 12.8 Å². The SMILES string of the molecule is CCCC(O)c1cc(C)c(-c2cc3cnc(NC(=O)C4CC4)cc3c3c2ncn3C)cn1. The number of fused-ring (bicyclic) bond motifs is 3. The van der Waals surface area contributed by atoms with Crippen LogP contribution in [0.1, 0.15) is 50.0 Å². The van der Waals surface area contributed by atoms with Gasteiger partial charge in [0.25, 0.3) is 0 Å². The van der Waals surface area contributed by atoms with Crippen LogP contribution in [0.3, 0.4) is 0 Å². The van der Waals surface area contributed by atoms with Crippen molar-refractivity contribution in [3.8, 4) is 11.1 Å². The van der Waals surface area contributed by atoms with Crippen LogP contribution in [-0.2, 0) is 11.8 Å². The van der Waals surface area contributed by atoms with Gasteiger partial charge in [0.15, 0.2) is 0 Å². The van der Waals surface area contributed by atoms with Crippen LogP contribution in [-0.4, -0.2) is 30.5 Å². The molecule has 164 valence electrons. The summed E-state index contributed by atoms with van der Waals surface area (Å²) in [7, 11) is 1.97. The highest BCUT2D eigenvalue weighted by atomic mass is 16.3. The van der Waals surface area contributed by atoms with E-state index in [9.17, 15) is 9.90 Å². The molecule has 3 heterocycles. The van der Waals surface area contributed by atoms with Crippen molar-refractivity contribution in [2.75, 3.05) is 5.32 Å². The Morgan fingerprint density at radius 3 is 2.72 bits per heavy atom. The molecular formula is C25H27N5O2. The summed E-state index contributed by atoms with van der Waals surface area (Å²) in [6.07, 6.45) is 8.39. The fourth-order valence-electron chi connectivity index (χ4n) is 4.27. The number of aryl methyl sites for hydroxylation is 2. The second kappa shape index (κ2) is 7.98. The molecule has 1 amide bonds. The first-order chi connectivity index (χ1) is 15.5. The Balaban J connectivity index is 1.62. The van der Waals surface area contributed by atoms with Crippen molar-refractivity contribution in [1.29, 1.82) is 0 Å². The van der Waals surface area contributed by atoms with Gasteiger partial charge >= 0.3 is 0 Å². The summed E-state index contributed by atoms with van der Waals surface area (Å²) in [5.74, 6) is 0.736. The molecule has 0 saturated heterocycles. The molecule has 5 rings (SSSR count). The van der Waals surface area contributed by atoms with Gasteiger partial charge in [-0.05, 0) is 49.9 Å². The fourth-order valence-corrected chi connectivity index (χ4v) is 4.27. The van der Waals surface area contributed by atoms with Gasteiger partial charge in [0.1, 0.15) is 5.82 Å². The summed E-state index contributed by atoms with van der Waals surface area (Å²) < 4.78 is 2.00. The van der Waals surface area contributed by atoms with Crippen molar-refractivity contribution < 1.29 is 9.90 Å². The lowest BCUT2D eigenvalue weighted by atomic mass is 9.96. The standard InChI is InChI=1S/C25H27N5O2/c1-4-5-21(31)20-8-14(2)19(12-26-20)18-9-16-11-27-22(29-25(32)15-6-7-15)10-17(16)24-23(18)28-13-30(24)3/h8-13,15,21,31H,4-7H2,1-3H3,(H,27,29,32). The minimum absolute atomic E-state index is 0.0433. The number of carbonyl (C=O) groups excluding carboxylic acids is 1. The second-order valence-electron chi connectivity index (χ2n) is 8.76. The Hall–Kier alpha value is -3.32. The second-order valence-corrected chi connectivity index (χ2v) is 8.76. The first-order valence-electron chi connectivity index (χ1n) is 11.2. The molecule has 0 spiro atoms. The van der Waals surface area contributed by atoms with E-state index in [1.54, 1.807) is 12.5 Å². The fraction of sp³-hybridized carbons (Fsp3) is 0.360. The van der Waals surface area contributed by atoms with Crippen LogP contribution in [0.2, 0.25) is 0 Å². The molecule has 1 fully saturated rings. The summed E-state index contributed by atoms with van der Waals surface area (Å²) in [5, 5.41) is 15.2. The molecule has 1 aromatic carbocycles. The van der Waals surface area contributed by atoms with Crippen LogP contribution >= 0.6 is 0 Å². The number of nitrogens with zero attached hydrogens (tertiary/aromatic N) is 4. The normalized spacial score (nSPS) is 14.8. The highest BCUT2D eigenvalue weighted by molar-refractivity contribution is 6.12. The molecular weight excluding hydrogens is 402 g/mol. The maximum Gasteiger partial charge on any atom is 0.228 e. The number of benzene rings is 1. The summed E-state index contributed by atoms with van der Waals surface area (Å²) in [4.78, 5) is 25.9. The largest absolute Gasteiger partial charge is 0.387 e. The number of amides is 1. The third-order valence-corrected chi connectivity index (χ3v) is 6.21. The molecule has 0 bridgehead atoms. The molecule has 7 heteroatoms. The van der Waals surface area contributed by atoms with E-state index in [0.29, 0.717) is 17.9 Å². The summed E-state index contributed by atoms with van der Waals surface area (Å²) in [6, 6.07) is 5.97. The first-order valence-corrected chi connectivity index (χ1v) is 11.2. The van der Waals surface area contributed by atoms with E-state index < -0.39 is 6.10 Å². The summed E-state index contributed by atoms with van der Waals surface area (Å²) in [5.41, 5.74) is 5.55. The van der Waals surface area contributed by atoms with Gasteiger partial charge < -0.3 is 15.0 Å². The van der Waals surface area contributed by atoms with E-state index in [1.165, 1.54) is 0 Å². The molecule has 7 nitrogen and oxygen atoms in total. The Labute approximate surface area is 186 Å². The van der Waals surface area contributed by atoms with E-state index in [0.717, 1.165) is 57.8 Å². The molecule has 0 aliphatic heterocycles. The number of rotatable bonds is 6. The zero-order valence-electron chi connectivity index (χ0n) is 18.6. The number of anilines is 1. The number of imidazole rings is 1. The van der Waals surface area contributed by atoms with Crippen molar-refractivity contribution in [2.24, 2.45) is 13.0 Å². The van der Waals surface area contributed by atoms with E-state index in [2.05, 4.69) is 26.3 Å². The zero-order valence-corrected chi connectivity index (χ0v) is 18.6. The lowest BCUT2D eigenvalue weighted by molar-refractivity contribution is -0.117. The predicted molar refractivity (Wildman–Crippen MR) is 125 cm³/mol. The van der Waals surface area contributed by atoms with E-state index in [1.807, 2.05) is 43.8 Å². The molecule has 0 radical (unpaired) electrons. The summed E-state index contributed by atoms with van der Waals surface area (Å²) in [6.45, 7) is 4.08. The maximum absolute atomic E-state index is 12.2. The van der Waals surface area contributed by atoms with Gasteiger partial charge in [0.05, 0.1) is 29.2 Å². The zero-order chi connectivity index (χ0) is 22.4. The molecule has 2 N–H and O–H groups in total. The average molecular weight is 430 g/mol. The Morgan fingerprint density at radius 2 is 2.00 bits per heavy atom. The maximum atomic E-state index is 12.2. The van der Waals surface area contributed by atoms with Gasteiger partial charge in [-0.3, -0.25) is 9.78 Å². The molecule has 1 aliphatic rings. The van der Waals surface area contributed by atoms with Crippen molar-refractivity contribution in [1.82, 2.24) is 19.5 Å². The molecule has 4 aromatic rings. The Morgan fingerprint density at radius 1 is 1.19 bits per heavy atom. The van der Waals surface area contributed by atoms with Gasteiger partial charge in [0, 0.05) is 47.3 Å². The number of aromatic nitrogens is 4. The number of aliphatic hydroxyl groups excluding tert-OH is 1. The molecule has 1 saturated carbocycles. The number of nitrogens with one attached hydrogen (secondary N) is 1. The van der Waals surface area contributed by atoms with E-state index in [-0.39, 0.29) is 11.8 Å². The van der Waals surface area contributed by atoms with Gasteiger partial charge in [-0.25, -0.2) is 9.97 Å². The highest BCUT2D eigenvalue weighted by Gasteiger charge is 2.30. The predicted octanol–water partition coefficient (Wildman–Crippen LogP) is 4.67. The van der Waals surface area contributed by atoms with Crippen LogP contribution in [0.5, 0.6) is 0 Å². The number of carbonyl (C=O) groups is 1.